The van der Waals surface area contributed by atoms with E-state index in [1.165, 1.54) is 103 Å². The van der Waals surface area contributed by atoms with Crippen LogP contribution in [0.15, 0.2) is 5.10 Å². The number of carbonyl (C=O) groups excluding carboxylic acids is 1. The minimum atomic E-state index is -0.591. The Labute approximate surface area is 162 Å². The second kappa shape index (κ2) is 20.3. The minimum Gasteiger partial charge on any atom is -0.350 e. The van der Waals surface area contributed by atoms with Gasteiger partial charge in [0.2, 0.25) is 0 Å². The van der Waals surface area contributed by atoms with Crippen LogP contribution in [0.1, 0.15) is 129 Å². The third-order valence-corrected chi connectivity index (χ3v) is 5.00. The van der Waals surface area contributed by atoms with Crippen molar-refractivity contribution >= 4 is 11.7 Å². The summed E-state index contributed by atoms with van der Waals surface area (Å²) in [5.41, 5.74) is 8.21. The van der Waals surface area contributed by atoms with Crippen molar-refractivity contribution in [1.82, 2.24) is 5.43 Å². The Kier molecular flexibility index (Phi) is 19.4. The van der Waals surface area contributed by atoms with E-state index < -0.39 is 6.03 Å². The lowest BCUT2D eigenvalue weighted by Gasteiger charge is -2.04. The number of hydrogen-bond acceptors (Lipinski definition) is 2. The predicted molar refractivity (Wildman–Crippen MR) is 115 cm³/mol. The highest BCUT2D eigenvalue weighted by molar-refractivity contribution is 5.83. The predicted octanol–water partition coefficient (Wildman–Crippen LogP) is 7.07. The van der Waals surface area contributed by atoms with Crippen molar-refractivity contribution in [1.29, 1.82) is 0 Å². The third kappa shape index (κ3) is 21.0. The van der Waals surface area contributed by atoms with Crippen molar-refractivity contribution < 1.29 is 4.79 Å². The number of urea groups is 1. The second-order valence-corrected chi connectivity index (χ2v) is 7.73. The van der Waals surface area contributed by atoms with Crippen LogP contribution in [0.25, 0.3) is 0 Å². The maximum Gasteiger partial charge on any atom is 0.332 e. The highest BCUT2D eigenvalue weighted by Crippen LogP contribution is 2.14. The molecule has 0 unspecified atom stereocenters. The first-order valence-electron chi connectivity index (χ1n) is 11.3. The van der Waals surface area contributed by atoms with E-state index in [1.807, 2.05) is 6.92 Å². The van der Waals surface area contributed by atoms with Gasteiger partial charge < -0.3 is 5.73 Å². The van der Waals surface area contributed by atoms with E-state index in [1.54, 1.807) is 0 Å². The van der Waals surface area contributed by atoms with Gasteiger partial charge in [0.05, 0.1) is 0 Å². The fraction of sp³-hybridized carbons (Fsp3) is 0.909. The normalized spacial score (nSPS) is 11.7. The van der Waals surface area contributed by atoms with Crippen molar-refractivity contribution in [3.05, 3.63) is 0 Å². The number of hydrazone groups is 1. The van der Waals surface area contributed by atoms with Crippen LogP contribution in [0.2, 0.25) is 0 Å². The maximum atomic E-state index is 10.5. The molecule has 0 aromatic carbocycles. The smallest absolute Gasteiger partial charge is 0.332 e. The molecule has 0 saturated heterocycles. The first-order valence-corrected chi connectivity index (χ1v) is 11.3. The Balaban J connectivity index is 3.13. The Bertz CT molecular complexity index is 342. The van der Waals surface area contributed by atoms with Crippen LogP contribution in [0, 0.1) is 0 Å². The fourth-order valence-electron chi connectivity index (χ4n) is 3.31. The highest BCUT2D eigenvalue weighted by atomic mass is 16.2. The van der Waals surface area contributed by atoms with Gasteiger partial charge in [-0.15, -0.1) is 0 Å². The van der Waals surface area contributed by atoms with E-state index in [2.05, 4.69) is 17.5 Å². The Hall–Kier alpha value is -1.06. The van der Waals surface area contributed by atoms with E-state index in [9.17, 15) is 4.79 Å². The number of hydrogen-bond donors (Lipinski definition) is 2. The molecule has 0 radical (unpaired) electrons. The number of primary amides is 1. The molecule has 26 heavy (non-hydrogen) atoms. The monoisotopic (exact) mass is 367 g/mol. The van der Waals surface area contributed by atoms with Crippen LogP contribution in [0.5, 0.6) is 0 Å². The topological polar surface area (TPSA) is 67.5 Å². The van der Waals surface area contributed by atoms with Crippen LogP contribution in [0.3, 0.4) is 0 Å². The minimum absolute atomic E-state index is 0.591. The van der Waals surface area contributed by atoms with Gasteiger partial charge >= 0.3 is 6.03 Å². The van der Waals surface area contributed by atoms with E-state index in [0.29, 0.717) is 0 Å². The lowest BCUT2D eigenvalue weighted by Crippen LogP contribution is -2.25. The number of amides is 2. The van der Waals surface area contributed by atoms with Crippen LogP contribution in [-0.4, -0.2) is 11.7 Å². The first kappa shape index (κ1) is 24.9. The van der Waals surface area contributed by atoms with Gasteiger partial charge in [0, 0.05) is 5.71 Å². The molecule has 4 nitrogen and oxygen atoms in total. The van der Waals surface area contributed by atoms with Crippen LogP contribution in [0.4, 0.5) is 4.79 Å². The van der Waals surface area contributed by atoms with Crippen LogP contribution in [-0.2, 0) is 0 Å². The van der Waals surface area contributed by atoms with Gasteiger partial charge in [-0.3, -0.25) is 0 Å². The van der Waals surface area contributed by atoms with Gasteiger partial charge in [0.25, 0.3) is 0 Å². The van der Waals surface area contributed by atoms with Gasteiger partial charge in [0.15, 0.2) is 0 Å². The zero-order valence-corrected chi connectivity index (χ0v) is 17.7. The summed E-state index contributed by atoms with van der Waals surface area (Å²) in [6.07, 6.45) is 24.5. The summed E-state index contributed by atoms with van der Waals surface area (Å²) in [6, 6.07) is -0.591. The lowest BCUT2D eigenvalue weighted by molar-refractivity contribution is 0.249. The number of nitrogens with zero attached hydrogens (tertiary/aromatic N) is 1. The molecule has 0 aromatic rings. The molecule has 0 atom stereocenters. The summed E-state index contributed by atoms with van der Waals surface area (Å²) in [5, 5.41) is 3.93. The highest BCUT2D eigenvalue weighted by Gasteiger charge is 1.96. The van der Waals surface area contributed by atoms with Crippen LogP contribution >= 0.6 is 0 Å². The summed E-state index contributed by atoms with van der Waals surface area (Å²) in [4.78, 5) is 10.5. The number of nitrogens with two attached hydrogens (primary N) is 1. The van der Waals surface area contributed by atoms with E-state index in [-0.39, 0.29) is 0 Å². The standard InChI is InChI=1S/C22H45N3O/c1-3-4-5-6-7-8-9-10-11-12-13-14-15-16-17-18-19-20-21(2)24-25-22(23)26/h3-20H2,1-2H3,(H3,23,25,26)/b24-21-. The molecule has 0 aliphatic rings. The molecular formula is C22H45N3O. The molecule has 0 saturated carbocycles. The average molecular weight is 368 g/mol. The first-order chi connectivity index (χ1) is 12.7. The summed E-state index contributed by atoms with van der Waals surface area (Å²) in [5.74, 6) is 0. The zero-order chi connectivity index (χ0) is 19.3. The summed E-state index contributed by atoms with van der Waals surface area (Å²) < 4.78 is 0. The number of rotatable bonds is 19. The maximum absolute atomic E-state index is 10.5. The molecule has 4 heteroatoms. The molecule has 0 heterocycles. The Morgan fingerprint density at radius 3 is 1.38 bits per heavy atom. The van der Waals surface area contributed by atoms with Gasteiger partial charge in [-0.05, 0) is 19.8 Å². The molecule has 0 bridgehead atoms. The average Bonchev–Trinajstić information content (AvgIpc) is 2.62. The molecule has 0 rings (SSSR count). The second-order valence-electron chi connectivity index (χ2n) is 7.73. The molecule has 154 valence electrons. The largest absolute Gasteiger partial charge is 0.350 e. The molecule has 0 aliphatic carbocycles. The Morgan fingerprint density at radius 2 is 1.04 bits per heavy atom. The fourth-order valence-corrected chi connectivity index (χ4v) is 3.31. The summed E-state index contributed by atoms with van der Waals surface area (Å²) in [7, 11) is 0. The summed E-state index contributed by atoms with van der Waals surface area (Å²) >= 11 is 0. The van der Waals surface area contributed by atoms with Crippen molar-refractivity contribution in [2.75, 3.05) is 0 Å². The van der Waals surface area contributed by atoms with Gasteiger partial charge in [-0.1, -0.05) is 110 Å². The van der Waals surface area contributed by atoms with E-state index in [4.69, 9.17) is 5.73 Å². The molecule has 3 N–H and O–H groups in total. The van der Waals surface area contributed by atoms with Crippen molar-refractivity contribution in [3.63, 3.8) is 0 Å². The van der Waals surface area contributed by atoms with Crippen LogP contribution < -0.4 is 11.2 Å². The lowest BCUT2D eigenvalue weighted by atomic mass is 10.0. The number of nitrogens with one attached hydrogen (secondary N) is 1. The Morgan fingerprint density at radius 1 is 0.692 bits per heavy atom. The molecule has 0 aromatic heterocycles. The number of unbranched alkanes of at least 4 members (excludes halogenated alkanes) is 16. The van der Waals surface area contributed by atoms with E-state index in [0.717, 1.165) is 18.6 Å². The van der Waals surface area contributed by atoms with Crippen molar-refractivity contribution in [3.8, 4) is 0 Å². The van der Waals surface area contributed by atoms with E-state index >= 15 is 0 Å². The van der Waals surface area contributed by atoms with Gasteiger partial charge in [-0.25, -0.2) is 10.2 Å². The molecule has 0 spiro atoms. The van der Waals surface area contributed by atoms with Crippen molar-refractivity contribution in [2.45, 2.75) is 129 Å². The molecular weight excluding hydrogens is 322 g/mol. The SMILES string of the molecule is CCCCCCCCCCCCCCCCCCC/C(C)=N\NC(N)=O. The molecule has 0 fully saturated rings. The van der Waals surface area contributed by atoms with Crippen molar-refractivity contribution in [2.24, 2.45) is 10.8 Å². The molecule has 2 amide bonds. The third-order valence-electron chi connectivity index (χ3n) is 5.00. The number of carbonyl (C=O) groups is 1. The van der Waals surface area contributed by atoms with Gasteiger partial charge in [-0.2, -0.15) is 5.10 Å². The molecule has 0 aliphatic heterocycles. The quantitative estimate of drug-likeness (QED) is 0.143. The zero-order valence-electron chi connectivity index (χ0n) is 17.7. The van der Waals surface area contributed by atoms with Gasteiger partial charge in [0.1, 0.15) is 0 Å². The summed E-state index contributed by atoms with van der Waals surface area (Å²) in [6.45, 7) is 4.22.